The van der Waals surface area contributed by atoms with Crippen LogP contribution in [0.15, 0.2) is 11.2 Å². The summed E-state index contributed by atoms with van der Waals surface area (Å²) in [5, 5.41) is 8.95. The van der Waals surface area contributed by atoms with Crippen molar-refractivity contribution in [3.05, 3.63) is 17.0 Å². The molecule has 2 aromatic rings. The van der Waals surface area contributed by atoms with E-state index in [0.717, 1.165) is 11.4 Å². The summed E-state index contributed by atoms with van der Waals surface area (Å²) >= 11 is 1.25. The summed E-state index contributed by atoms with van der Waals surface area (Å²) in [7, 11) is -3.68. The number of hydrogen-bond donors (Lipinski definition) is 2. The second-order valence-corrected chi connectivity index (χ2v) is 7.47. The van der Waals surface area contributed by atoms with Crippen LogP contribution in [-0.4, -0.2) is 28.6 Å². The zero-order chi connectivity index (χ0) is 14.8. The Bertz CT molecular complexity index is 675. The molecule has 0 aliphatic heterocycles. The van der Waals surface area contributed by atoms with Crippen LogP contribution in [0.2, 0.25) is 0 Å². The minimum absolute atomic E-state index is 0.0370. The van der Waals surface area contributed by atoms with Crippen LogP contribution in [0, 0.1) is 5.92 Å². The molecule has 0 spiro atoms. The molecule has 20 heavy (non-hydrogen) atoms. The number of aromatic amines is 1. The number of sulfonamides is 1. The van der Waals surface area contributed by atoms with Gasteiger partial charge in [0.15, 0.2) is 5.03 Å². The van der Waals surface area contributed by atoms with E-state index < -0.39 is 10.0 Å². The maximum atomic E-state index is 12.1. The van der Waals surface area contributed by atoms with Crippen LogP contribution in [0.1, 0.15) is 31.6 Å². The number of H-pyrrole nitrogens is 1. The van der Waals surface area contributed by atoms with Gasteiger partial charge in [0.1, 0.15) is 10.8 Å². The predicted molar refractivity (Wildman–Crippen MR) is 77.2 cm³/mol. The second-order valence-electron chi connectivity index (χ2n) is 4.75. The quantitative estimate of drug-likeness (QED) is 0.847. The first-order valence-electron chi connectivity index (χ1n) is 6.29. The molecule has 2 N–H and O–H groups in total. The van der Waals surface area contributed by atoms with Crippen molar-refractivity contribution in [3.8, 4) is 0 Å². The summed E-state index contributed by atoms with van der Waals surface area (Å²) in [6.45, 7) is 6.04. The molecule has 7 nitrogen and oxygen atoms in total. The Kier molecular flexibility index (Phi) is 4.39. The summed E-state index contributed by atoms with van der Waals surface area (Å²) < 4.78 is 26.6. The summed E-state index contributed by atoms with van der Waals surface area (Å²) in [5.74, 6) is 1.08. The highest BCUT2D eigenvalue weighted by atomic mass is 32.2. The summed E-state index contributed by atoms with van der Waals surface area (Å²) in [6, 6.07) is 0. The van der Waals surface area contributed by atoms with E-state index in [1.54, 1.807) is 0 Å². The Labute approximate surface area is 121 Å². The Morgan fingerprint density at radius 2 is 2.15 bits per heavy atom. The van der Waals surface area contributed by atoms with Gasteiger partial charge in [0.05, 0.1) is 6.20 Å². The SMILES string of the molecule is CCc1ncc(S(=O)(=O)Nc2nnc(CC(C)C)s2)[nH]1. The van der Waals surface area contributed by atoms with Gasteiger partial charge in [-0.15, -0.1) is 10.2 Å². The Balaban J connectivity index is 2.13. The minimum Gasteiger partial charge on any atom is -0.332 e. The van der Waals surface area contributed by atoms with E-state index in [4.69, 9.17) is 0 Å². The molecule has 0 amide bonds. The van der Waals surface area contributed by atoms with Gasteiger partial charge in [0, 0.05) is 12.8 Å². The van der Waals surface area contributed by atoms with Gasteiger partial charge >= 0.3 is 0 Å². The third-order valence-electron chi connectivity index (χ3n) is 2.50. The smallest absolute Gasteiger partial charge is 0.280 e. The molecule has 0 saturated carbocycles. The largest absolute Gasteiger partial charge is 0.332 e. The van der Waals surface area contributed by atoms with Gasteiger partial charge in [-0.2, -0.15) is 8.42 Å². The first-order chi connectivity index (χ1) is 9.40. The van der Waals surface area contributed by atoms with Crippen LogP contribution in [0.4, 0.5) is 5.13 Å². The number of imidazole rings is 1. The van der Waals surface area contributed by atoms with Crippen molar-refractivity contribution in [1.29, 1.82) is 0 Å². The molecular formula is C11H17N5O2S2. The molecule has 0 saturated heterocycles. The Hall–Kier alpha value is -1.48. The molecule has 0 unspecified atom stereocenters. The number of rotatable bonds is 6. The van der Waals surface area contributed by atoms with Gasteiger partial charge in [0.25, 0.3) is 10.0 Å². The molecule has 0 aliphatic rings. The van der Waals surface area contributed by atoms with Crippen molar-refractivity contribution in [3.63, 3.8) is 0 Å². The van der Waals surface area contributed by atoms with Crippen LogP contribution in [0.3, 0.4) is 0 Å². The van der Waals surface area contributed by atoms with Crippen molar-refractivity contribution >= 4 is 26.5 Å². The summed E-state index contributed by atoms with van der Waals surface area (Å²) in [5.41, 5.74) is 0. The van der Waals surface area contributed by atoms with Crippen LogP contribution in [-0.2, 0) is 22.9 Å². The van der Waals surface area contributed by atoms with E-state index in [0.29, 0.717) is 18.2 Å². The fourth-order valence-electron chi connectivity index (χ4n) is 1.56. The number of anilines is 1. The zero-order valence-electron chi connectivity index (χ0n) is 11.5. The van der Waals surface area contributed by atoms with Crippen LogP contribution in [0.25, 0.3) is 0 Å². The van der Waals surface area contributed by atoms with E-state index in [9.17, 15) is 8.42 Å². The van der Waals surface area contributed by atoms with Crippen LogP contribution >= 0.6 is 11.3 Å². The highest BCUT2D eigenvalue weighted by Crippen LogP contribution is 2.21. The Morgan fingerprint density at radius 3 is 2.75 bits per heavy atom. The lowest BCUT2D eigenvalue weighted by Crippen LogP contribution is -2.13. The number of aromatic nitrogens is 4. The maximum absolute atomic E-state index is 12.1. The molecule has 0 fully saturated rings. The van der Waals surface area contributed by atoms with Gasteiger partial charge in [0.2, 0.25) is 5.13 Å². The third kappa shape index (κ3) is 3.54. The van der Waals surface area contributed by atoms with Crippen molar-refractivity contribution in [2.24, 2.45) is 5.92 Å². The molecule has 0 bridgehead atoms. The van der Waals surface area contributed by atoms with Crippen molar-refractivity contribution in [2.75, 3.05) is 4.72 Å². The zero-order valence-corrected chi connectivity index (χ0v) is 13.2. The van der Waals surface area contributed by atoms with Gasteiger partial charge in [-0.3, -0.25) is 4.72 Å². The first kappa shape index (κ1) is 14.9. The van der Waals surface area contributed by atoms with Crippen LogP contribution < -0.4 is 4.72 Å². The van der Waals surface area contributed by atoms with Crippen molar-refractivity contribution in [1.82, 2.24) is 20.2 Å². The molecule has 9 heteroatoms. The van der Waals surface area contributed by atoms with Crippen LogP contribution in [0.5, 0.6) is 0 Å². The monoisotopic (exact) mass is 315 g/mol. The van der Waals surface area contributed by atoms with Crippen molar-refractivity contribution < 1.29 is 8.42 Å². The first-order valence-corrected chi connectivity index (χ1v) is 8.59. The highest BCUT2D eigenvalue weighted by molar-refractivity contribution is 7.92. The highest BCUT2D eigenvalue weighted by Gasteiger charge is 2.19. The number of nitrogens with zero attached hydrogens (tertiary/aromatic N) is 3. The number of hydrogen-bond acceptors (Lipinski definition) is 6. The summed E-state index contributed by atoms with van der Waals surface area (Å²) in [6.07, 6.45) is 2.73. The lowest BCUT2D eigenvalue weighted by atomic mass is 10.1. The molecule has 110 valence electrons. The lowest BCUT2D eigenvalue weighted by Gasteiger charge is -2.01. The molecular weight excluding hydrogens is 298 g/mol. The van der Waals surface area contributed by atoms with E-state index in [-0.39, 0.29) is 10.2 Å². The molecule has 2 heterocycles. The van der Waals surface area contributed by atoms with E-state index in [1.807, 2.05) is 6.92 Å². The van der Waals surface area contributed by atoms with Gasteiger partial charge < -0.3 is 4.98 Å². The summed E-state index contributed by atoms with van der Waals surface area (Å²) in [4.78, 5) is 6.74. The normalized spacial score (nSPS) is 12.0. The van der Waals surface area contributed by atoms with E-state index in [1.165, 1.54) is 17.5 Å². The standard InChI is InChI=1S/C11H17N5O2S2/c1-4-8-12-6-10(13-8)20(17,18)16-11-15-14-9(19-11)5-7(2)3/h6-7H,4-5H2,1-3H3,(H,12,13)(H,15,16). The molecule has 0 aliphatic carbocycles. The average Bonchev–Trinajstić information content (AvgIpc) is 2.97. The molecule has 2 rings (SSSR count). The topological polar surface area (TPSA) is 101 Å². The molecule has 0 aromatic carbocycles. The number of aryl methyl sites for hydroxylation is 1. The van der Waals surface area contributed by atoms with Gasteiger partial charge in [-0.1, -0.05) is 32.1 Å². The predicted octanol–water partition coefficient (Wildman–Crippen LogP) is 1.82. The third-order valence-corrected chi connectivity index (χ3v) is 4.74. The van der Waals surface area contributed by atoms with E-state index in [2.05, 4.69) is 38.7 Å². The molecule has 2 aromatic heterocycles. The van der Waals surface area contributed by atoms with Crippen molar-refractivity contribution in [2.45, 2.75) is 38.6 Å². The average molecular weight is 315 g/mol. The second kappa shape index (κ2) is 5.88. The number of nitrogens with one attached hydrogen (secondary N) is 2. The molecule has 0 atom stereocenters. The maximum Gasteiger partial charge on any atom is 0.280 e. The van der Waals surface area contributed by atoms with Gasteiger partial charge in [-0.25, -0.2) is 4.98 Å². The lowest BCUT2D eigenvalue weighted by molar-refractivity contribution is 0.598. The fraction of sp³-hybridized carbons (Fsp3) is 0.545. The fourth-order valence-corrected chi connectivity index (χ4v) is 3.68. The minimum atomic E-state index is -3.68. The van der Waals surface area contributed by atoms with E-state index >= 15 is 0 Å². The Morgan fingerprint density at radius 1 is 1.40 bits per heavy atom. The van der Waals surface area contributed by atoms with Gasteiger partial charge in [-0.05, 0) is 5.92 Å². The molecule has 0 radical (unpaired) electrons.